The van der Waals surface area contributed by atoms with Crippen LogP contribution in [0.5, 0.6) is 11.5 Å². The minimum absolute atomic E-state index is 0.139. The van der Waals surface area contributed by atoms with Gasteiger partial charge in [-0.2, -0.15) is 11.8 Å². The van der Waals surface area contributed by atoms with Crippen LogP contribution in [-0.2, 0) is 0 Å². The van der Waals surface area contributed by atoms with Crippen LogP contribution in [0, 0.1) is 0 Å². The highest BCUT2D eigenvalue weighted by molar-refractivity contribution is 7.99. The molecule has 2 rings (SSSR count). The molecule has 1 aromatic carbocycles. The maximum absolute atomic E-state index is 5.72. The maximum atomic E-state index is 5.72. The van der Waals surface area contributed by atoms with Crippen molar-refractivity contribution in [2.45, 2.75) is 37.0 Å². The van der Waals surface area contributed by atoms with Gasteiger partial charge in [0, 0.05) is 11.0 Å². The Morgan fingerprint density at radius 2 is 1.95 bits per heavy atom. The summed E-state index contributed by atoms with van der Waals surface area (Å²) in [5, 5.41) is 0.797. The molecule has 1 aromatic rings. The van der Waals surface area contributed by atoms with E-state index in [1.807, 2.05) is 30.0 Å². The zero-order valence-electron chi connectivity index (χ0n) is 12.2. The van der Waals surface area contributed by atoms with E-state index >= 15 is 0 Å². The summed E-state index contributed by atoms with van der Waals surface area (Å²) in [6.45, 7) is 0. The minimum atomic E-state index is 0.139. The van der Waals surface area contributed by atoms with E-state index in [0.717, 1.165) is 28.1 Å². The number of benzene rings is 1. The van der Waals surface area contributed by atoms with Crippen molar-refractivity contribution in [1.29, 1.82) is 0 Å². The summed E-state index contributed by atoms with van der Waals surface area (Å²) in [5.74, 6) is 8.19. The molecule has 3 N–H and O–H groups in total. The Hall–Kier alpha value is -0.910. The van der Waals surface area contributed by atoms with Crippen LogP contribution in [0.1, 0.15) is 37.3 Å². The molecule has 1 saturated carbocycles. The van der Waals surface area contributed by atoms with E-state index in [4.69, 9.17) is 15.3 Å². The number of hydrogen-bond donors (Lipinski definition) is 2. The van der Waals surface area contributed by atoms with Crippen molar-refractivity contribution in [1.82, 2.24) is 5.43 Å². The van der Waals surface area contributed by atoms with Crippen molar-refractivity contribution in [2.24, 2.45) is 5.84 Å². The predicted molar refractivity (Wildman–Crippen MR) is 84.3 cm³/mol. The van der Waals surface area contributed by atoms with E-state index in [9.17, 15) is 0 Å². The number of rotatable bonds is 7. The number of hydrazine groups is 1. The molecule has 0 amide bonds. The second kappa shape index (κ2) is 7.76. The molecule has 5 heteroatoms. The molecule has 4 nitrogen and oxygen atoms in total. The Balaban J connectivity index is 2.02. The molecule has 1 aliphatic carbocycles. The first-order valence-corrected chi connectivity index (χ1v) is 8.13. The molecule has 0 aromatic heterocycles. The molecule has 1 unspecified atom stereocenters. The Morgan fingerprint density at radius 1 is 1.25 bits per heavy atom. The van der Waals surface area contributed by atoms with Crippen LogP contribution >= 0.6 is 11.8 Å². The zero-order chi connectivity index (χ0) is 14.4. The van der Waals surface area contributed by atoms with E-state index in [1.165, 1.54) is 25.7 Å². The summed E-state index contributed by atoms with van der Waals surface area (Å²) in [4.78, 5) is 0. The molecule has 1 aliphatic rings. The van der Waals surface area contributed by atoms with Crippen LogP contribution in [-0.4, -0.2) is 25.2 Å². The van der Waals surface area contributed by atoms with Gasteiger partial charge in [-0.15, -0.1) is 0 Å². The first-order chi connectivity index (χ1) is 9.78. The molecule has 1 atom stereocenters. The number of thioether (sulfide) groups is 1. The first kappa shape index (κ1) is 15.5. The monoisotopic (exact) mass is 296 g/mol. The van der Waals surface area contributed by atoms with Crippen molar-refractivity contribution in [3.05, 3.63) is 23.8 Å². The van der Waals surface area contributed by atoms with E-state index < -0.39 is 0 Å². The largest absolute Gasteiger partial charge is 0.493 e. The van der Waals surface area contributed by atoms with Gasteiger partial charge in [0.15, 0.2) is 11.5 Å². The number of nitrogens with two attached hydrogens (primary N) is 1. The van der Waals surface area contributed by atoms with Gasteiger partial charge in [0.2, 0.25) is 0 Å². The summed E-state index contributed by atoms with van der Waals surface area (Å²) >= 11 is 2.02. The molecule has 112 valence electrons. The topological polar surface area (TPSA) is 56.5 Å². The van der Waals surface area contributed by atoms with Crippen LogP contribution in [0.3, 0.4) is 0 Å². The van der Waals surface area contributed by atoms with Gasteiger partial charge in [0.1, 0.15) is 0 Å². The van der Waals surface area contributed by atoms with Gasteiger partial charge in [-0.25, -0.2) is 0 Å². The fourth-order valence-electron chi connectivity index (χ4n) is 2.60. The number of methoxy groups -OCH3 is 2. The van der Waals surface area contributed by atoms with Crippen molar-refractivity contribution in [3.63, 3.8) is 0 Å². The van der Waals surface area contributed by atoms with E-state index in [1.54, 1.807) is 14.2 Å². The molecule has 0 bridgehead atoms. The van der Waals surface area contributed by atoms with Gasteiger partial charge in [-0.1, -0.05) is 18.9 Å². The van der Waals surface area contributed by atoms with E-state index in [0.29, 0.717) is 0 Å². The highest BCUT2D eigenvalue weighted by Crippen LogP contribution is 2.34. The lowest BCUT2D eigenvalue weighted by atomic mass is 10.1. The molecule has 0 spiro atoms. The summed E-state index contributed by atoms with van der Waals surface area (Å²) in [6.07, 6.45) is 5.42. The van der Waals surface area contributed by atoms with Crippen molar-refractivity contribution in [3.8, 4) is 11.5 Å². The smallest absolute Gasteiger partial charge is 0.161 e. The summed E-state index contributed by atoms with van der Waals surface area (Å²) in [5.41, 5.74) is 4.05. The molecule has 0 radical (unpaired) electrons. The molecule has 0 saturated heterocycles. The second-order valence-electron chi connectivity index (χ2n) is 5.07. The van der Waals surface area contributed by atoms with Crippen LogP contribution in [0.2, 0.25) is 0 Å². The van der Waals surface area contributed by atoms with Gasteiger partial charge in [0.05, 0.1) is 20.3 Å². The average molecular weight is 296 g/mol. The first-order valence-electron chi connectivity index (χ1n) is 7.08. The highest BCUT2D eigenvalue weighted by atomic mass is 32.2. The third kappa shape index (κ3) is 3.81. The molecule has 20 heavy (non-hydrogen) atoms. The zero-order valence-corrected chi connectivity index (χ0v) is 13.0. The summed E-state index contributed by atoms with van der Waals surface area (Å²) < 4.78 is 10.6. The quantitative estimate of drug-likeness (QED) is 0.598. The van der Waals surface area contributed by atoms with Crippen LogP contribution < -0.4 is 20.7 Å². The maximum Gasteiger partial charge on any atom is 0.161 e. The Morgan fingerprint density at radius 3 is 2.55 bits per heavy atom. The standard InChI is InChI=1S/C15H24N2O2S/c1-18-14-8-7-11(9-15(14)19-2)13(17-16)10-20-12-5-3-4-6-12/h7-9,12-13,17H,3-6,10,16H2,1-2H3. The van der Waals surface area contributed by atoms with Gasteiger partial charge in [-0.3, -0.25) is 11.3 Å². The lowest BCUT2D eigenvalue weighted by Crippen LogP contribution is -2.30. The molecular weight excluding hydrogens is 272 g/mol. The van der Waals surface area contributed by atoms with Gasteiger partial charge < -0.3 is 9.47 Å². The lowest BCUT2D eigenvalue weighted by molar-refractivity contribution is 0.354. The van der Waals surface area contributed by atoms with Crippen molar-refractivity contribution >= 4 is 11.8 Å². The molecular formula is C15H24N2O2S. The van der Waals surface area contributed by atoms with Gasteiger partial charge in [-0.05, 0) is 30.5 Å². The summed E-state index contributed by atoms with van der Waals surface area (Å²) in [6, 6.07) is 6.11. The Labute approximate surface area is 125 Å². The Bertz CT molecular complexity index is 422. The fraction of sp³-hybridized carbons (Fsp3) is 0.600. The highest BCUT2D eigenvalue weighted by Gasteiger charge is 2.19. The normalized spacial score (nSPS) is 17.1. The third-order valence-corrected chi connectivity index (χ3v) is 5.28. The van der Waals surface area contributed by atoms with Crippen molar-refractivity contribution in [2.75, 3.05) is 20.0 Å². The number of hydrogen-bond acceptors (Lipinski definition) is 5. The minimum Gasteiger partial charge on any atom is -0.493 e. The van der Waals surface area contributed by atoms with Crippen LogP contribution in [0.15, 0.2) is 18.2 Å². The van der Waals surface area contributed by atoms with Gasteiger partial charge >= 0.3 is 0 Å². The molecule has 0 heterocycles. The predicted octanol–water partition coefficient (Wildman–Crippen LogP) is 2.88. The number of nitrogens with one attached hydrogen (secondary N) is 1. The molecule has 0 aliphatic heterocycles. The number of ether oxygens (including phenoxy) is 2. The summed E-state index contributed by atoms with van der Waals surface area (Å²) in [7, 11) is 3.30. The van der Waals surface area contributed by atoms with Crippen LogP contribution in [0.4, 0.5) is 0 Å². The van der Waals surface area contributed by atoms with Crippen molar-refractivity contribution < 1.29 is 9.47 Å². The second-order valence-corrected chi connectivity index (χ2v) is 6.41. The fourth-order valence-corrected chi connectivity index (χ4v) is 4.02. The third-order valence-electron chi connectivity index (χ3n) is 3.81. The lowest BCUT2D eigenvalue weighted by Gasteiger charge is -2.19. The molecule has 1 fully saturated rings. The van der Waals surface area contributed by atoms with E-state index in [2.05, 4.69) is 5.43 Å². The Kier molecular flexibility index (Phi) is 6.01. The average Bonchev–Trinajstić information content (AvgIpc) is 3.01. The van der Waals surface area contributed by atoms with E-state index in [-0.39, 0.29) is 6.04 Å². The van der Waals surface area contributed by atoms with Gasteiger partial charge in [0.25, 0.3) is 0 Å². The van der Waals surface area contributed by atoms with Crippen LogP contribution in [0.25, 0.3) is 0 Å². The SMILES string of the molecule is COc1ccc(C(CSC2CCCC2)NN)cc1OC.